The average Bonchev–Trinajstić information content (AvgIpc) is 2.13. The van der Waals surface area contributed by atoms with E-state index in [1.165, 1.54) is 57.8 Å². The lowest BCUT2D eigenvalue weighted by atomic mass is 9.69. The van der Waals surface area contributed by atoms with E-state index >= 15 is 0 Å². The molecule has 4 N–H and O–H groups in total. The summed E-state index contributed by atoms with van der Waals surface area (Å²) >= 11 is 0. The van der Waals surface area contributed by atoms with Gasteiger partial charge < -0.3 is 11.5 Å². The third-order valence-corrected chi connectivity index (χ3v) is 4.90. The molecule has 2 aliphatic carbocycles. The maximum atomic E-state index is 6.30. The van der Waals surface area contributed by atoms with E-state index in [0.29, 0.717) is 0 Å². The first kappa shape index (κ1) is 13.4. The quantitative estimate of drug-likeness (QED) is 0.776. The average molecular weight is 238 g/mol. The van der Waals surface area contributed by atoms with Crippen LogP contribution >= 0.6 is 0 Å². The van der Waals surface area contributed by atoms with Gasteiger partial charge in [-0.25, -0.2) is 0 Å². The van der Waals surface area contributed by atoms with Gasteiger partial charge in [-0.05, 0) is 57.8 Å². The number of nitrogens with two attached hydrogens (primary N) is 2. The van der Waals surface area contributed by atoms with Gasteiger partial charge in [0.05, 0.1) is 0 Å². The predicted molar refractivity (Wildman–Crippen MR) is 73.7 cm³/mol. The van der Waals surface area contributed by atoms with Gasteiger partial charge in [0.25, 0.3) is 0 Å². The van der Waals surface area contributed by atoms with Crippen LogP contribution in [0.1, 0.15) is 71.6 Å². The Kier molecular flexibility index (Phi) is 3.84. The Balaban J connectivity index is 1.84. The van der Waals surface area contributed by atoms with Crippen LogP contribution < -0.4 is 11.5 Å². The van der Waals surface area contributed by atoms with Gasteiger partial charge in [-0.15, -0.1) is 0 Å². The molecule has 0 saturated heterocycles. The minimum atomic E-state index is 0.101. The normalized spacial score (nSPS) is 48.0. The largest absolute Gasteiger partial charge is 0.325 e. The molecule has 0 aromatic heterocycles. The molecule has 2 rings (SSSR count). The Labute approximate surface area is 107 Å². The van der Waals surface area contributed by atoms with E-state index in [9.17, 15) is 0 Å². The summed E-state index contributed by atoms with van der Waals surface area (Å²) in [4.78, 5) is 0. The second kappa shape index (κ2) is 4.89. The molecule has 0 aromatic rings. The van der Waals surface area contributed by atoms with Crippen molar-refractivity contribution in [3.8, 4) is 0 Å². The van der Waals surface area contributed by atoms with Crippen LogP contribution in [0.3, 0.4) is 0 Å². The highest BCUT2D eigenvalue weighted by molar-refractivity contribution is 4.91. The number of hydrogen-bond acceptors (Lipinski definition) is 2. The first-order valence-electron chi connectivity index (χ1n) is 7.44. The summed E-state index contributed by atoms with van der Waals surface area (Å²) in [6.45, 7) is 4.46. The second-order valence-electron chi connectivity index (χ2n) is 7.47. The van der Waals surface area contributed by atoms with Gasteiger partial charge in [0.1, 0.15) is 0 Å². The highest BCUT2D eigenvalue weighted by Crippen LogP contribution is 2.39. The summed E-state index contributed by atoms with van der Waals surface area (Å²) in [7, 11) is 0. The third-order valence-electron chi connectivity index (χ3n) is 4.90. The molecule has 2 fully saturated rings. The fraction of sp³-hybridized carbons (Fsp3) is 1.00. The zero-order chi connectivity index (χ0) is 12.5. The van der Waals surface area contributed by atoms with Crippen LogP contribution in [-0.4, -0.2) is 11.1 Å². The summed E-state index contributed by atoms with van der Waals surface area (Å²) in [5.74, 6) is 1.72. The molecule has 2 nitrogen and oxygen atoms in total. The van der Waals surface area contributed by atoms with E-state index in [-0.39, 0.29) is 11.1 Å². The van der Waals surface area contributed by atoms with Crippen LogP contribution in [0.15, 0.2) is 0 Å². The van der Waals surface area contributed by atoms with E-state index in [2.05, 4.69) is 13.8 Å². The molecule has 0 bridgehead atoms. The first-order chi connectivity index (χ1) is 7.86. The van der Waals surface area contributed by atoms with E-state index in [4.69, 9.17) is 11.5 Å². The molecule has 0 aromatic carbocycles. The van der Waals surface area contributed by atoms with Gasteiger partial charge >= 0.3 is 0 Å². The fourth-order valence-electron chi connectivity index (χ4n) is 4.19. The Morgan fingerprint density at radius 1 is 0.882 bits per heavy atom. The smallest absolute Gasteiger partial charge is 0.0128 e. The lowest BCUT2D eigenvalue weighted by Crippen LogP contribution is -2.43. The molecule has 2 saturated carbocycles. The van der Waals surface area contributed by atoms with Gasteiger partial charge in [0.15, 0.2) is 0 Å². The SMILES string of the molecule is CC1(N)CCCC(CC2CCCC(C)(N)C2)C1. The van der Waals surface area contributed by atoms with Gasteiger partial charge in [-0.3, -0.25) is 0 Å². The molecule has 0 heterocycles. The molecule has 0 spiro atoms. The highest BCUT2D eigenvalue weighted by atomic mass is 14.7. The van der Waals surface area contributed by atoms with Crippen molar-refractivity contribution in [2.45, 2.75) is 82.7 Å². The van der Waals surface area contributed by atoms with E-state index in [1.807, 2.05) is 0 Å². The van der Waals surface area contributed by atoms with Crippen LogP contribution in [0, 0.1) is 11.8 Å². The molecular weight excluding hydrogens is 208 g/mol. The zero-order valence-electron chi connectivity index (χ0n) is 11.7. The van der Waals surface area contributed by atoms with Crippen LogP contribution in [0.2, 0.25) is 0 Å². The maximum Gasteiger partial charge on any atom is 0.0128 e. The molecule has 4 atom stereocenters. The second-order valence-corrected chi connectivity index (χ2v) is 7.47. The van der Waals surface area contributed by atoms with Crippen LogP contribution in [0.5, 0.6) is 0 Å². The molecular formula is C15H30N2. The monoisotopic (exact) mass is 238 g/mol. The van der Waals surface area contributed by atoms with Crippen molar-refractivity contribution in [3.63, 3.8) is 0 Å². The Hall–Kier alpha value is -0.0800. The minimum absolute atomic E-state index is 0.101. The molecule has 2 heteroatoms. The number of hydrogen-bond donors (Lipinski definition) is 2. The maximum absolute atomic E-state index is 6.30. The standard InChI is InChI=1S/C15H30N2/c1-14(16)7-3-5-12(10-14)9-13-6-4-8-15(2,17)11-13/h12-13H,3-11,16-17H2,1-2H3. The summed E-state index contributed by atoms with van der Waals surface area (Å²) in [6.07, 6.45) is 11.7. The van der Waals surface area contributed by atoms with Crippen LogP contribution in [0.25, 0.3) is 0 Å². The van der Waals surface area contributed by atoms with E-state index in [0.717, 1.165) is 11.8 Å². The topological polar surface area (TPSA) is 52.0 Å². The highest BCUT2D eigenvalue weighted by Gasteiger charge is 2.33. The van der Waals surface area contributed by atoms with Crippen molar-refractivity contribution >= 4 is 0 Å². The van der Waals surface area contributed by atoms with Crippen molar-refractivity contribution in [2.75, 3.05) is 0 Å². The van der Waals surface area contributed by atoms with E-state index < -0.39 is 0 Å². The molecule has 0 amide bonds. The van der Waals surface area contributed by atoms with Gasteiger partial charge in [-0.2, -0.15) is 0 Å². The van der Waals surface area contributed by atoms with Gasteiger partial charge in [-0.1, -0.05) is 25.7 Å². The summed E-state index contributed by atoms with van der Waals surface area (Å²) in [6, 6.07) is 0. The van der Waals surface area contributed by atoms with Gasteiger partial charge in [0, 0.05) is 11.1 Å². The lowest BCUT2D eigenvalue weighted by Gasteiger charge is -2.40. The van der Waals surface area contributed by atoms with Crippen LogP contribution in [0.4, 0.5) is 0 Å². The van der Waals surface area contributed by atoms with E-state index in [1.54, 1.807) is 0 Å². The lowest BCUT2D eigenvalue weighted by molar-refractivity contribution is 0.164. The number of rotatable bonds is 2. The molecule has 0 aliphatic heterocycles. The van der Waals surface area contributed by atoms with Crippen molar-refractivity contribution in [3.05, 3.63) is 0 Å². The third kappa shape index (κ3) is 3.96. The Morgan fingerprint density at radius 3 is 1.65 bits per heavy atom. The zero-order valence-corrected chi connectivity index (χ0v) is 11.7. The van der Waals surface area contributed by atoms with Gasteiger partial charge in [0.2, 0.25) is 0 Å². The van der Waals surface area contributed by atoms with Crippen molar-refractivity contribution in [1.82, 2.24) is 0 Å². The minimum Gasteiger partial charge on any atom is -0.325 e. The van der Waals surface area contributed by atoms with Crippen molar-refractivity contribution in [2.24, 2.45) is 23.3 Å². The molecule has 17 heavy (non-hydrogen) atoms. The molecule has 100 valence electrons. The fourth-order valence-corrected chi connectivity index (χ4v) is 4.19. The molecule has 0 radical (unpaired) electrons. The predicted octanol–water partition coefficient (Wildman–Crippen LogP) is 3.19. The summed E-state index contributed by atoms with van der Waals surface area (Å²) in [5, 5.41) is 0. The molecule has 2 aliphatic rings. The molecule has 4 unspecified atom stereocenters. The Bertz CT molecular complexity index is 232. The summed E-state index contributed by atoms with van der Waals surface area (Å²) < 4.78 is 0. The summed E-state index contributed by atoms with van der Waals surface area (Å²) in [5.41, 5.74) is 12.8. The first-order valence-corrected chi connectivity index (χ1v) is 7.44. The Morgan fingerprint density at radius 2 is 1.29 bits per heavy atom. The van der Waals surface area contributed by atoms with Crippen molar-refractivity contribution in [1.29, 1.82) is 0 Å². The van der Waals surface area contributed by atoms with Crippen LogP contribution in [-0.2, 0) is 0 Å². The van der Waals surface area contributed by atoms with Crippen molar-refractivity contribution < 1.29 is 0 Å².